The van der Waals surface area contributed by atoms with Crippen LogP contribution in [-0.4, -0.2) is 43.3 Å². The molecule has 0 aliphatic carbocycles. The highest BCUT2D eigenvalue weighted by Gasteiger charge is 2.31. The summed E-state index contributed by atoms with van der Waals surface area (Å²) < 4.78 is 5.03. The van der Waals surface area contributed by atoms with E-state index >= 15 is 0 Å². The molecular weight excluding hydrogens is 264 g/mol. The van der Waals surface area contributed by atoms with E-state index in [1.807, 2.05) is 6.92 Å². The molecule has 0 bridgehead atoms. The molecule has 1 aliphatic rings. The van der Waals surface area contributed by atoms with Gasteiger partial charge in [-0.2, -0.15) is 0 Å². The monoisotopic (exact) mass is 298 g/mol. The first kappa shape index (κ1) is 18.3. The van der Waals surface area contributed by atoms with Crippen molar-refractivity contribution in [2.24, 2.45) is 17.3 Å². The number of alkyl carbamates (subject to hydrolysis) is 1. The van der Waals surface area contributed by atoms with Gasteiger partial charge in [0.1, 0.15) is 0 Å². The Bertz CT molecular complexity index is 323. The molecule has 124 valence electrons. The largest absolute Gasteiger partial charge is 0.450 e. The molecule has 2 atom stereocenters. The summed E-state index contributed by atoms with van der Waals surface area (Å²) in [5, 5.41) is 3.04. The third-order valence-electron chi connectivity index (χ3n) is 3.73. The second-order valence-electron chi connectivity index (χ2n) is 8.04. The van der Waals surface area contributed by atoms with E-state index in [9.17, 15) is 4.79 Å². The Hall–Kier alpha value is -0.770. The highest BCUT2D eigenvalue weighted by atomic mass is 16.5. The average molecular weight is 298 g/mol. The lowest BCUT2D eigenvalue weighted by Crippen LogP contribution is -2.52. The molecule has 0 spiro atoms. The van der Waals surface area contributed by atoms with Crippen LogP contribution in [-0.2, 0) is 4.74 Å². The molecule has 4 nitrogen and oxygen atoms in total. The number of carbonyl (C=O) groups excluding carboxylic acids is 1. The van der Waals surface area contributed by atoms with Crippen molar-refractivity contribution < 1.29 is 9.53 Å². The summed E-state index contributed by atoms with van der Waals surface area (Å²) in [5.74, 6) is 1.30. The van der Waals surface area contributed by atoms with Gasteiger partial charge in [-0.05, 0) is 37.0 Å². The number of likely N-dealkylation sites (tertiary alicyclic amines) is 1. The van der Waals surface area contributed by atoms with Crippen molar-refractivity contribution >= 4 is 6.09 Å². The Morgan fingerprint density at radius 3 is 2.52 bits per heavy atom. The van der Waals surface area contributed by atoms with Gasteiger partial charge in [-0.15, -0.1) is 0 Å². The van der Waals surface area contributed by atoms with E-state index in [0.29, 0.717) is 23.9 Å². The summed E-state index contributed by atoms with van der Waals surface area (Å²) in [7, 11) is 0. The first-order valence-electron chi connectivity index (χ1n) is 8.35. The van der Waals surface area contributed by atoms with Crippen LogP contribution in [0.25, 0.3) is 0 Å². The molecule has 4 heteroatoms. The van der Waals surface area contributed by atoms with Crippen molar-refractivity contribution in [3.8, 4) is 0 Å². The molecule has 0 aromatic carbocycles. The van der Waals surface area contributed by atoms with Gasteiger partial charge in [-0.25, -0.2) is 4.79 Å². The molecule has 1 fully saturated rings. The van der Waals surface area contributed by atoms with E-state index in [0.717, 1.165) is 26.1 Å². The van der Waals surface area contributed by atoms with Crippen LogP contribution in [0.15, 0.2) is 0 Å². The van der Waals surface area contributed by atoms with Crippen LogP contribution in [0.3, 0.4) is 0 Å². The van der Waals surface area contributed by atoms with Crippen LogP contribution >= 0.6 is 0 Å². The number of piperidine rings is 1. The Morgan fingerprint density at radius 1 is 1.33 bits per heavy atom. The van der Waals surface area contributed by atoms with Gasteiger partial charge in [0, 0.05) is 25.7 Å². The zero-order chi connectivity index (χ0) is 16.0. The van der Waals surface area contributed by atoms with Crippen molar-refractivity contribution in [1.29, 1.82) is 0 Å². The molecule has 0 radical (unpaired) electrons. The van der Waals surface area contributed by atoms with Gasteiger partial charge >= 0.3 is 6.09 Å². The van der Waals surface area contributed by atoms with Crippen molar-refractivity contribution in [2.45, 2.75) is 60.4 Å². The zero-order valence-electron chi connectivity index (χ0n) is 14.7. The minimum Gasteiger partial charge on any atom is -0.450 e. The second-order valence-corrected chi connectivity index (χ2v) is 8.04. The van der Waals surface area contributed by atoms with Gasteiger partial charge in [0.2, 0.25) is 0 Å². The fourth-order valence-electron chi connectivity index (χ4n) is 3.43. The standard InChI is InChI=1S/C17H34N2O2/c1-7-21-16(20)18-15-8-14(9-17(4,5)6)11-19(12-15)10-13(2)3/h13-15H,7-12H2,1-6H3,(H,18,20). The van der Waals surface area contributed by atoms with Crippen molar-refractivity contribution in [3.63, 3.8) is 0 Å². The van der Waals surface area contributed by atoms with Crippen LogP contribution in [0, 0.1) is 17.3 Å². The quantitative estimate of drug-likeness (QED) is 0.844. The number of ether oxygens (including phenoxy) is 1. The number of hydrogen-bond donors (Lipinski definition) is 1. The smallest absolute Gasteiger partial charge is 0.407 e. The number of carbonyl (C=O) groups is 1. The summed E-state index contributed by atoms with van der Waals surface area (Å²) >= 11 is 0. The lowest BCUT2D eigenvalue weighted by molar-refractivity contribution is 0.0947. The topological polar surface area (TPSA) is 41.6 Å². The molecule has 0 aromatic rings. The van der Waals surface area contributed by atoms with E-state index < -0.39 is 0 Å². The maximum atomic E-state index is 11.7. The Kier molecular flexibility index (Phi) is 6.98. The predicted octanol–water partition coefficient (Wildman–Crippen LogP) is 3.52. The lowest BCUT2D eigenvalue weighted by Gasteiger charge is -2.40. The van der Waals surface area contributed by atoms with Crippen molar-refractivity contribution in [3.05, 3.63) is 0 Å². The van der Waals surface area contributed by atoms with E-state index in [-0.39, 0.29) is 12.1 Å². The van der Waals surface area contributed by atoms with Crippen molar-refractivity contribution in [1.82, 2.24) is 10.2 Å². The molecule has 2 unspecified atom stereocenters. The third-order valence-corrected chi connectivity index (χ3v) is 3.73. The summed E-state index contributed by atoms with van der Waals surface area (Å²) in [6.45, 7) is 16.8. The van der Waals surface area contributed by atoms with Crippen LogP contribution < -0.4 is 5.32 Å². The highest BCUT2D eigenvalue weighted by molar-refractivity contribution is 5.67. The van der Waals surface area contributed by atoms with Gasteiger partial charge in [0.15, 0.2) is 0 Å². The molecule has 0 aromatic heterocycles. The minimum atomic E-state index is -0.275. The molecule has 1 rings (SSSR count). The minimum absolute atomic E-state index is 0.212. The molecule has 21 heavy (non-hydrogen) atoms. The van der Waals surface area contributed by atoms with Gasteiger partial charge in [-0.3, -0.25) is 0 Å². The molecule has 1 saturated heterocycles. The second kappa shape index (κ2) is 8.02. The zero-order valence-corrected chi connectivity index (χ0v) is 14.7. The molecule has 0 saturated carbocycles. The number of hydrogen-bond acceptors (Lipinski definition) is 3. The van der Waals surface area contributed by atoms with Crippen LogP contribution in [0.2, 0.25) is 0 Å². The summed E-state index contributed by atoms with van der Waals surface area (Å²) in [6.07, 6.45) is 1.98. The number of nitrogens with one attached hydrogen (secondary N) is 1. The van der Waals surface area contributed by atoms with Crippen LogP contribution in [0.1, 0.15) is 54.4 Å². The summed E-state index contributed by atoms with van der Waals surface area (Å²) in [5.41, 5.74) is 0.333. The van der Waals surface area contributed by atoms with E-state index in [2.05, 4.69) is 44.8 Å². The lowest BCUT2D eigenvalue weighted by atomic mass is 9.80. The van der Waals surface area contributed by atoms with E-state index in [1.54, 1.807) is 0 Å². The normalized spacial score (nSPS) is 24.1. The summed E-state index contributed by atoms with van der Waals surface area (Å²) in [4.78, 5) is 14.2. The number of nitrogens with zero attached hydrogens (tertiary/aromatic N) is 1. The predicted molar refractivity (Wildman–Crippen MR) is 87.4 cm³/mol. The SMILES string of the molecule is CCOC(=O)NC1CC(CC(C)(C)C)CN(CC(C)C)C1. The first-order chi connectivity index (χ1) is 9.69. The molecule has 1 heterocycles. The van der Waals surface area contributed by atoms with Crippen LogP contribution in [0.5, 0.6) is 0 Å². The van der Waals surface area contributed by atoms with Gasteiger partial charge in [0.05, 0.1) is 6.61 Å². The Morgan fingerprint density at radius 2 is 2.00 bits per heavy atom. The fourth-order valence-corrected chi connectivity index (χ4v) is 3.43. The first-order valence-corrected chi connectivity index (χ1v) is 8.35. The van der Waals surface area contributed by atoms with Crippen LogP contribution in [0.4, 0.5) is 4.79 Å². The number of amides is 1. The van der Waals surface area contributed by atoms with Gasteiger partial charge in [-0.1, -0.05) is 34.6 Å². The maximum absolute atomic E-state index is 11.7. The molecular formula is C17H34N2O2. The molecule has 1 aliphatic heterocycles. The van der Waals surface area contributed by atoms with E-state index in [1.165, 1.54) is 6.42 Å². The maximum Gasteiger partial charge on any atom is 0.407 e. The Balaban J connectivity index is 2.63. The summed E-state index contributed by atoms with van der Waals surface area (Å²) in [6, 6.07) is 0.212. The highest BCUT2D eigenvalue weighted by Crippen LogP contribution is 2.30. The van der Waals surface area contributed by atoms with E-state index in [4.69, 9.17) is 4.74 Å². The number of rotatable bonds is 5. The average Bonchev–Trinajstić information content (AvgIpc) is 2.24. The molecule has 1 amide bonds. The molecule has 1 N–H and O–H groups in total. The fraction of sp³-hybridized carbons (Fsp3) is 0.941. The van der Waals surface area contributed by atoms with Gasteiger partial charge < -0.3 is 15.0 Å². The van der Waals surface area contributed by atoms with Crippen molar-refractivity contribution in [2.75, 3.05) is 26.2 Å². The van der Waals surface area contributed by atoms with Gasteiger partial charge in [0.25, 0.3) is 0 Å². The third kappa shape index (κ3) is 7.70. The Labute approximate surface area is 130 Å².